The van der Waals surface area contributed by atoms with Gasteiger partial charge in [-0.3, -0.25) is 0 Å². The fraction of sp³-hybridized carbons (Fsp3) is 0.353. The van der Waals surface area contributed by atoms with Gasteiger partial charge >= 0.3 is 0 Å². The highest BCUT2D eigenvalue weighted by atomic mass is 32.2. The number of aromatic nitrogens is 3. The van der Waals surface area contributed by atoms with Crippen molar-refractivity contribution < 1.29 is 21.9 Å². The topological polar surface area (TPSA) is 99.1 Å². The van der Waals surface area contributed by atoms with E-state index in [1.54, 1.807) is 32.9 Å². The van der Waals surface area contributed by atoms with Crippen molar-refractivity contribution in [3.8, 4) is 11.4 Å². The van der Waals surface area contributed by atoms with E-state index in [0.29, 0.717) is 28.1 Å². The molecular weight excluding hydrogens is 361 g/mol. The minimum Gasteiger partial charge on any atom is -0.361 e. The maximum absolute atomic E-state index is 13.7. The molecule has 0 bridgehead atoms. The fourth-order valence-electron chi connectivity index (χ4n) is 2.44. The molecule has 0 aliphatic rings. The minimum absolute atomic E-state index is 0.0484. The van der Waals surface area contributed by atoms with E-state index in [9.17, 15) is 12.8 Å². The second-order valence-electron chi connectivity index (χ2n) is 6.17. The van der Waals surface area contributed by atoms with E-state index in [0.717, 1.165) is 0 Å². The normalized spacial score (nSPS) is 13.1. The van der Waals surface area contributed by atoms with Crippen LogP contribution in [0.15, 0.2) is 27.2 Å². The Balaban J connectivity index is 1.87. The number of benzene rings is 1. The Hall–Kier alpha value is -2.55. The van der Waals surface area contributed by atoms with E-state index in [1.807, 2.05) is 0 Å². The van der Waals surface area contributed by atoms with Gasteiger partial charge in [-0.05, 0) is 39.3 Å². The van der Waals surface area contributed by atoms with E-state index in [2.05, 4.69) is 15.3 Å². The zero-order chi connectivity index (χ0) is 19.1. The van der Waals surface area contributed by atoms with Crippen molar-refractivity contribution in [2.75, 3.05) is 0 Å². The molecule has 0 amide bonds. The third kappa shape index (κ3) is 3.39. The average molecular weight is 379 g/mol. The Labute approximate surface area is 150 Å². The molecule has 0 N–H and O–H groups in total. The lowest BCUT2D eigenvalue weighted by Gasteiger charge is -2.08. The second kappa shape index (κ2) is 6.64. The molecule has 1 atom stereocenters. The number of rotatable bonds is 5. The summed E-state index contributed by atoms with van der Waals surface area (Å²) in [6.45, 7) is 6.46. The van der Waals surface area contributed by atoms with Gasteiger partial charge < -0.3 is 9.05 Å². The average Bonchev–Trinajstić information content (AvgIpc) is 3.19. The Morgan fingerprint density at radius 1 is 1.15 bits per heavy atom. The molecule has 138 valence electrons. The molecule has 9 heteroatoms. The van der Waals surface area contributed by atoms with Crippen molar-refractivity contribution in [2.45, 2.75) is 38.7 Å². The number of halogens is 1. The highest BCUT2D eigenvalue weighted by Crippen LogP contribution is 2.28. The third-order valence-electron chi connectivity index (χ3n) is 4.28. The van der Waals surface area contributed by atoms with Crippen LogP contribution in [0.25, 0.3) is 11.4 Å². The smallest absolute Gasteiger partial charge is 0.245 e. The Kier molecular flexibility index (Phi) is 4.66. The first-order valence-electron chi connectivity index (χ1n) is 7.92. The predicted molar refractivity (Wildman–Crippen MR) is 91.4 cm³/mol. The molecule has 0 aliphatic carbocycles. The lowest BCUT2D eigenvalue weighted by Crippen LogP contribution is -2.14. The summed E-state index contributed by atoms with van der Waals surface area (Å²) in [5, 5.41) is 6.52. The Morgan fingerprint density at radius 2 is 1.88 bits per heavy atom. The highest BCUT2D eigenvalue weighted by Gasteiger charge is 2.30. The molecule has 7 nitrogen and oxygen atoms in total. The summed E-state index contributed by atoms with van der Waals surface area (Å²) >= 11 is 0. The number of aryl methyl sites for hydroxylation is 3. The molecule has 0 saturated carbocycles. The molecule has 3 aromatic rings. The van der Waals surface area contributed by atoms with Crippen LogP contribution in [0.3, 0.4) is 0 Å². The first-order valence-corrected chi connectivity index (χ1v) is 9.64. The van der Waals surface area contributed by atoms with Crippen molar-refractivity contribution in [3.05, 3.63) is 52.5 Å². The van der Waals surface area contributed by atoms with Gasteiger partial charge in [0, 0.05) is 11.1 Å². The van der Waals surface area contributed by atoms with Gasteiger partial charge in [-0.25, -0.2) is 12.8 Å². The maximum Gasteiger partial charge on any atom is 0.245 e. The van der Waals surface area contributed by atoms with Crippen molar-refractivity contribution in [1.82, 2.24) is 15.3 Å². The van der Waals surface area contributed by atoms with Crippen LogP contribution in [0.5, 0.6) is 0 Å². The van der Waals surface area contributed by atoms with Crippen LogP contribution in [-0.2, 0) is 15.6 Å². The first kappa shape index (κ1) is 18.2. The van der Waals surface area contributed by atoms with Crippen molar-refractivity contribution in [1.29, 1.82) is 0 Å². The van der Waals surface area contributed by atoms with Gasteiger partial charge in [0.15, 0.2) is 9.84 Å². The predicted octanol–water partition coefficient (Wildman–Crippen LogP) is 3.46. The lowest BCUT2D eigenvalue weighted by molar-refractivity contribution is 0.376. The van der Waals surface area contributed by atoms with E-state index < -0.39 is 20.9 Å². The standard InChI is InChI=1S/C17H18FN3O4S/c1-9-5-6-13(7-15(9)18)16-19-17(25-21-16)12(4)26(22,23)8-14-10(2)20-24-11(14)3/h5-7,12H,8H2,1-4H3/t12-/m1/s1. The molecule has 0 spiro atoms. The van der Waals surface area contributed by atoms with Gasteiger partial charge in [-0.2, -0.15) is 4.98 Å². The third-order valence-corrected chi connectivity index (χ3v) is 6.25. The van der Waals surface area contributed by atoms with Gasteiger partial charge in [0.1, 0.15) is 16.8 Å². The van der Waals surface area contributed by atoms with Crippen LogP contribution < -0.4 is 0 Å². The van der Waals surface area contributed by atoms with E-state index in [1.165, 1.54) is 13.0 Å². The summed E-state index contributed by atoms with van der Waals surface area (Å²) in [5.74, 6) is -0.0924. The van der Waals surface area contributed by atoms with E-state index in [4.69, 9.17) is 9.05 Å². The van der Waals surface area contributed by atoms with Crippen LogP contribution in [0.2, 0.25) is 0 Å². The van der Waals surface area contributed by atoms with Gasteiger partial charge in [-0.15, -0.1) is 0 Å². The second-order valence-corrected chi connectivity index (χ2v) is 8.49. The van der Waals surface area contributed by atoms with Crippen molar-refractivity contribution in [2.24, 2.45) is 0 Å². The molecule has 0 aliphatic heterocycles. The first-order chi connectivity index (χ1) is 12.2. The zero-order valence-electron chi connectivity index (χ0n) is 14.8. The molecule has 2 aromatic heterocycles. The molecule has 0 unspecified atom stereocenters. The summed E-state index contributed by atoms with van der Waals surface area (Å²) in [7, 11) is -3.64. The van der Waals surface area contributed by atoms with Crippen LogP contribution in [0.1, 0.15) is 40.6 Å². The maximum atomic E-state index is 13.7. The van der Waals surface area contributed by atoms with Gasteiger partial charge in [0.2, 0.25) is 11.7 Å². The Bertz CT molecular complexity index is 1040. The van der Waals surface area contributed by atoms with Gasteiger partial charge in [-0.1, -0.05) is 22.4 Å². The monoisotopic (exact) mass is 379 g/mol. The summed E-state index contributed by atoms with van der Waals surface area (Å²) in [6, 6.07) is 4.53. The Morgan fingerprint density at radius 3 is 2.50 bits per heavy atom. The molecule has 0 saturated heterocycles. The SMILES string of the molecule is Cc1ccc(-c2noc([C@@H](C)S(=O)(=O)Cc3c(C)noc3C)n2)cc1F. The number of hydrogen-bond acceptors (Lipinski definition) is 7. The number of nitrogens with zero attached hydrogens (tertiary/aromatic N) is 3. The molecule has 0 fully saturated rings. The van der Waals surface area contributed by atoms with E-state index >= 15 is 0 Å². The summed E-state index contributed by atoms with van der Waals surface area (Å²) in [5.41, 5.74) is 1.96. The van der Waals surface area contributed by atoms with Crippen molar-refractivity contribution in [3.63, 3.8) is 0 Å². The van der Waals surface area contributed by atoms with Crippen molar-refractivity contribution >= 4 is 9.84 Å². The zero-order valence-corrected chi connectivity index (χ0v) is 15.6. The van der Waals surface area contributed by atoms with Gasteiger partial charge in [0.25, 0.3) is 0 Å². The van der Waals surface area contributed by atoms with Crippen LogP contribution >= 0.6 is 0 Å². The molecule has 0 radical (unpaired) electrons. The largest absolute Gasteiger partial charge is 0.361 e. The highest BCUT2D eigenvalue weighted by molar-refractivity contribution is 7.90. The molecule has 2 heterocycles. The quantitative estimate of drug-likeness (QED) is 0.669. The van der Waals surface area contributed by atoms with Gasteiger partial charge in [0.05, 0.1) is 11.4 Å². The van der Waals surface area contributed by atoms with Crippen LogP contribution in [0, 0.1) is 26.6 Å². The summed E-state index contributed by atoms with van der Waals surface area (Å²) < 4.78 is 49.2. The molecule has 3 rings (SSSR count). The van der Waals surface area contributed by atoms with Crippen LogP contribution in [-0.4, -0.2) is 23.7 Å². The summed E-state index contributed by atoms with van der Waals surface area (Å²) in [4.78, 5) is 4.13. The number of sulfone groups is 1. The fourth-order valence-corrected chi connectivity index (χ4v) is 3.90. The molecule has 26 heavy (non-hydrogen) atoms. The molecule has 1 aromatic carbocycles. The minimum atomic E-state index is -3.64. The summed E-state index contributed by atoms with van der Waals surface area (Å²) in [6.07, 6.45) is 0. The molecular formula is C17H18FN3O4S. The number of hydrogen-bond donors (Lipinski definition) is 0. The van der Waals surface area contributed by atoms with Crippen LogP contribution in [0.4, 0.5) is 4.39 Å². The van der Waals surface area contributed by atoms with E-state index in [-0.39, 0.29) is 17.5 Å². The lowest BCUT2D eigenvalue weighted by atomic mass is 10.1.